The number of esters is 1. The minimum absolute atomic E-state index is 0.115. The fourth-order valence-corrected chi connectivity index (χ4v) is 6.18. The Balaban J connectivity index is 1.95. The molecule has 4 nitrogen and oxygen atoms in total. The van der Waals surface area contributed by atoms with Crippen LogP contribution < -0.4 is 9.47 Å². The molecule has 0 amide bonds. The molecule has 0 atom stereocenters. The van der Waals surface area contributed by atoms with Crippen molar-refractivity contribution >= 4 is 75.5 Å². The van der Waals surface area contributed by atoms with E-state index in [9.17, 15) is 9.59 Å². The SMILES string of the molecule is COc1c(Br)cc(C(C)(C)c2cc(Br)c(OC(=O)c3cccc(C(C)=O)c3)c(Br)c2)cc1Br. The quantitative estimate of drug-likeness (QED) is 0.147. The maximum absolute atomic E-state index is 12.7. The summed E-state index contributed by atoms with van der Waals surface area (Å²) in [4.78, 5) is 24.4. The van der Waals surface area contributed by atoms with Gasteiger partial charge in [0, 0.05) is 11.0 Å². The van der Waals surface area contributed by atoms with E-state index in [1.165, 1.54) is 13.0 Å². The van der Waals surface area contributed by atoms with Crippen LogP contribution >= 0.6 is 63.7 Å². The summed E-state index contributed by atoms with van der Waals surface area (Å²) < 4.78 is 14.0. The highest BCUT2D eigenvalue weighted by atomic mass is 79.9. The Kier molecular flexibility index (Phi) is 8.25. The van der Waals surface area contributed by atoms with Crippen LogP contribution in [0.5, 0.6) is 11.5 Å². The highest BCUT2D eigenvalue weighted by Crippen LogP contribution is 2.44. The summed E-state index contributed by atoms with van der Waals surface area (Å²) in [5.41, 5.74) is 2.45. The van der Waals surface area contributed by atoms with Gasteiger partial charge in [0.15, 0.2) is 11.5 Å². The lowest BCUT2D eigenvalue weighted by Gasteiger charge is -2.28. The van der Waals surface area contributed by atoms with Gasteiger partial charge in [-0.2, -0.15) is 0 Å². The third-order valence-electron chi connectivity index (χ3n) is 5.34. The summed E-state index contributed by atoms with van der Waals surface area (Å²) in [5.74, 6) is 0.433. The smallest absolute Gasteiger partial charge is 0.343 e. The molecule has 33 heavy (non-hydrogen) atoms. The van der Waals surface area contributed by atoms with Crippen LogP contribution in [0.3, 0.4) is 0 Å². The molecule has 0 aliphatic carbocycles. The van der Waals surface area contributed by atoms with Crippen molar-refractivity contribution in [2.24, 2.45) is 0 Å². The molecular weight excluding hydrogens is 684 g/mol. The van der Waals surface area contributed by atoms with Gasteiger partial charge in [-0.1, -0.05) is 26.0 Å². The Labute approximate surface area is 226 Å². The molecule has 0 saturated heterocycles. The third kappa shape index (κ3) is 5.61. The van der Waals surface area contributed by atoms with E-state index in [1.807, 2.05) is 24.3 Å². The minimum atomic E-state index is -0.547. The number of halogens is 4. The first-order chi connectivity index (χ1) is 15.4. The van der Waals surface area contributed by atoms with E-state index in [-0.39, 0.29) is 11.2 Å². The van der Waals surface area contributed by atoms with Gasteiger partial charge >= 0.3 is 5.97 Å². The largest absolute Gasteiger partial charge is 0.494 e. The number of benzene rings is 3. The first kappa shape index (κ1) is 26.1. The number of ketones is 1. The first-order valence-corrected chi connectivity index (χ1v) is 13.0. The predicted molar refractivity (Wildman–Crippen MR) is 144 cm³/mol. The van der Waals surface area contributed by atoms with Gasteiger partial charge in [-0.3, -0.25) is 4.79 Å². The monoisotopic (exact) mass is 700 g/mol. The Hall–Kier alpha value is -1.48. The van der Waals surface area contributed by atoms with Crippen LogP contribution in [0.25, 0.3) is 0 Å². The van der Waals surface area contributed by atoms with Crippen molar-refractivity contribution in [2.75, 3.05) is 7.11 Å². The molecule has 172 valence electrons. The second-order valence-electron chi connectivity index (χ2n) is 7.89. The average Bonchev–Trinajstić information content (AvgIpc) is 2.75. The topological polar surface area (TPSA) is 52.6 Å². The lowest BCUT2D eigenvalue weighted by atomic mass is 9.78. The van der Waals surface area contributed by atoms with Crippen LogP contribution in [-0.2, 0) is 5.41 Å². The normalized spacial score (nSPS) is 11.3. The minimum Gasteiger partial charge on any atom is -0.494 e. The van der Waals surface area contributed by atoms with E-state index in [1.54, 1.807) is 25.3 Å². The van der Waals surface area contributed by atoms with Crippen molar-refractivity contribution in [2.45, 2.75) is 26.2 Å². The summed E-state index contributed by atoms with van der Waals surface area (Å²) in [5, 5.41) is 0. The van der Waals surface area contributed by atoms with Crippen LogP contribution in [0, 0.1) is 0 Å². The van der Waals surface area contributed by atoms with Crippen LogP contribution in [0.1, 0.15) is 52.6 Å². The summed E-state index contributed by atoms with van der Waals surface area (Å²) in [7, 11) is 1.63. The van der Waals surface area contributed by atoms with E-state index >= 15 is 0 Å². The Morgan fingerprint density at radius 3 is 1.67 bits per heavy atom. The van der Waals surface area contributed by atoms with Gasteiger partial charge < -0.3 is 9.47 Å². The molecular formula is C25H20Br4O4. The molecule has 3 aromatic carbocycles. The summed E-state index contributed by atoms with van der Waals surface area (Å²) in [6.45, 7) is 5.68. The number of methoxy groups -OCH3 is 1. The highest BCUT2D eigenvalue weighted by Gasteiger charge is 2.28. The Morgan fingerprint density at radius 1 is 0.758 bits per heavy atom. The van der Waals surface area contributed by atoms with E-state index < -0.39 is 5.97 Å². The molecule has 3 rings (SSSR count). The van der Waals surface area contributed by atoms with Gasteiger partial charge in [0.05, 0.1) is 30.6 Å². The van der Waals surface area contributed by atoms with E-state index in [2.05, 4.69) is 77.6 Å². The second-order valence-corrected chi connectivity index (χ2v) is 11.3. The van der Waals surface area contributed by atoms with E-state index in [0.29, 0.717) is 25.8 Å². The molecule has 8 heteroatoms. The molecule has 0 fully saturated rings. The number of hydrogen-bond donors (Lipinski definition) is 0. The number of hydrogen-bond acceptors (Lipinski definition) is 4. The lowest BCUT2D eigenvalue weighted by Crippen LogP contribution is -2.19. The van der Waals surface area contributed by atoms with Crippen molar-refractivity contribution in [3.05, 3.63) is 88.7 Å². The van der Waals surface area contributed by atoms with Crippen LogP contribution in [0.4, 0.5) is 0 Å². The molecule has 3 aromatic rings. The number of carbonyl (C=O) groups is 2. The Bertz CT molecular complexity index is 1200. The molecule has 0 aliphatic heterocycles. The zero-order valence-corrected chi connectivity index (χ0v) is 24.6. The van der Waals surface area contributed by atoms with Crippen molar-refractivity contribution in [3.63, 3.8) is 0 Å². The van der Waals surface area contributed by atoms with Crippen LogP contribution in [0.2, 0.25) is 0 Å². The van der Waals surface area contributed by atoms with Crippen LogP contribution in [-0.4, -0.2) is 18.9 Å². The van der Waals surface area contributed by atoms with E-state index in [4.69, 9.17) is 9.47 Å². The molecule has 0 unspecified atom stereocenters. The van der Waals surface area contributed by atoms with Gasteiger partial charge in [0.25, 0.3) is 0 Å². The number of rotatable bonds is 6. The van der Waals surface area contributed by atoms with Crippen molar-refractivity contribution in [3.8, 4) is 11.5 Å². The summed E-state index contributed by atoms with van der Waals surface area (Å²) >= 11 is 14.3. The zero-order valence-electron chi connectivity index (χ0n) is 18.3. The molecule has 0 aliphatic rings. The second kappa shape index (κ2) is 10.4. The molecule has 0 aromatic heterocycles. The molecule has 0 spiro atoms. The third-order valence-corrected chi connectivity index (χ3v) is 7.70. The first-order valence-electron chi connectivity index (χ1n) is 9.82. The van der Waals surface area contributed by atoms with Gasteiger partial charge in [-0.15, -0.1) is 0 Å². The molecule has 0 radical (unpaired) electrons. The molecule has 0 N–H and O–H groups in total. The van der Waals surface area contributed by atoms with Gasteiger partial charge in [0.1, 0.15) is 5.75 Å². The maximum Gasteiger partial charge on any atom is 0.343 e. The lowest BCUT2D eigenvalue weighted by molar-refractivity contribution is 0.0732. The number of Topliss-reactive ketones (excluding diaryl/α,β-unsaturated/α-hetero) is 1. The van der Waals surface area contributed by atoms with Crippen molar-refractivity contribution < 1.29 is 19.1 Å². The summed E-state index contributed by atoms with van der Waals surface area (Å²) in [6, 6.07) is 14.4. The standard InChI is InChI=1S/C25H20Br4O4/c1-13(30)14-6-5-7-15(8-14)24(31)33-23-20(28)11-17(12-21(23)29)25(2,3)16-9-18(26)22(32-4)19(27)10-16/h5-12H,1-4H3. The van der Waals surface area contributed by atoms with E-state index in [0.717, 1.165) is 25.8 Å². The summed E-state index contributed by atoms with van der Waals surface area (Å²) in [6.07, 6.45) is 0. The number of carbonyl (C=O) groups excluding carboxylic acids is 2. The molecule has 0 saturated carbocycles. The predicted octanol–water partition coefficient (Wildman–Crippen LogP) is 8.49. The number of ether oxygens (including phenoxy) is 2. The maximum atomic E-state index is 12.7. The fraction of sp³-hybridized carbons (Fsp3) is 0.200. The van der Waals surface area contributed by atoms with Gasteiger partial charge in [-0.05, 0) is 118 Å². The van der Waals surface area contributed by atoms with Crippen molar-refractivity contribution in [1.82, 2.24) is 0 Å². The molecule has 0 bridgehead atoms. The van der Waals surface area contributed by atoms with Gasteiger partial charge in [-0.25, -0.2) is 4.79 Å². The van der Waals surface area contributed by atoms with Crippen LogP contribution in [0.15, 0.2) is 66.4 Å². The van der Waals surface area contributed by atoms with Crippen molar-refractivity contribution in [1.29, 1.82) is 0 Å². The zero-order chi connectivity index (χ0) is 24.5. The highest BCUT2D eigenvalue weighted by molar-refractivity contribution is 9.11. The van der Waals surface area contributed by atoms with Gasteiger partial charge in [0.2, 0.25) is 0 Å². The molecule has 0 heterocycles. The fourth-order valence-electron chi connectivity index (χ4n) is 3.32. The average molecular weight is 704 g/mol. The Morgan fingerprint density at radius 2 is 1.21 bits per heavy atom.